The quantitative estimate of drug-likeness (QED) is 0.524. The lowest BCUT2D eigenvalue weighted by Gasteiger charge is -2.10. The number of pyridine rings is 1. The van der Waals surface area contributed by atoms with Crippen molar-refractivity contribution in [1.82, 2.24) is 14.9 Å². The van der Waals surface area contributed by atoms with E-state index in [0.717, 1.165) is 23.0 Å². The van der Waals surface area contributed by atoms with Crippen molar-refractivity contribution in [2.24, 2.45) is 7.05 Å². The predicted octanol–water partition coefficient (Wildman–Crippen LogP) is 2.92. The Balaban J connectivity index is 0.00000225. The number of aryl methyl sites for hydroxylation is 1. The largest absolute Gasteiger partial charge is 0.506 e. The SMILES string of the molecule is Cc1c(-c2ccc3c(c2)cc(CNC2CC2)n3C)[nH]c(=O)c(C(=O)O)c1O.Cl. The van der Waals surface area contributed by atoms with Gasteiger partial charge in [-0.3, -0.25) is 4.79 Å². The molecule has 0 atom stereocenters. The van der Waals surface area contributed by atoms with Gasteiger partial charge < -0.3 is 25.1 Å². The lowest BCUT2D eigenvalue weighted by Crippen LogP contribution is -2.19. The van der Waals surface area contributed by atoms with Crippen LogP contribution in [0.5, 0.6) is 5.75 Å². The molecular formula is C20H22ClN3O4. The van der Waals surface area contributed by atoms with Crippen molar-refractivity contribution < 1.29 is 15.0 Å². The van der Waals surface area contributed by atoms with E-state index in [1.807, 2.05) is 25.2 Å². The second kappa shape index (κ2) is 7.33. The third-order valence-electron chi connectivity index (χ3n) is 5.23. The summed E-state index contributed by atoms with van der Waals surface area (Å²) in [6, 6.07) is 8.49. The first-order valence-electron chi connectivity index (χ1n) is 8.88. The highest BCUT2D eigenvalue weighted by atomic mass is 35.5. The topological polar surface area (TPSA) is 107 Å². The number of nitrogens with zero attached hydrogens (tertiary/aromatic N) is 1. The van der Waals surface area contributed by atoms with E-state index >= 15 is 0 Å². The Morgan fingerprint density at radius 3 is 2.68 bits per heavy atom. The van der Waals surface area contributed by atoms with Gasteiger partial charge in [0.2, 0.25) is 0 Å². The normalized spacial score (nSPS) is 13.5. The van der Waals surface area contributed by atoms with Gasteiger partial charge >= 0.3 is 5.97 Å². The molecule has 1 aromatic carbocycles. The number of aromatic carboxylic acids is 1. The average Bonchev–Trinajstić information content (AvgIpc) is 3.40. The molecule has 8 heteroatoms. The zero-order valence-corrected chi connectivity index (χ0v) is 16.4. The Hall–Kier alpha value is -2.77. The number of carboxylic acids is 1. The molecule has 1 aliphatic rings. The Bertz CT molecular complexity index is 1130. The third-order valence-corrected chi connectivity index (χ3v) is 5.23. The highest BCUT2D eigenvalue weighted by molar-refractivity contribution is 5.92. The Morgan fingerprint density at radius 1 is 1.32 bits per heavy atom. The zero-order chi connectivity index (χ0) is 19.3. The molecule has 4 N–H and O–H groups in total. The Labute approximate surface area is 167 Å². The van der Waals surface area contributed by atoms with Gasteiger partial charge in [-0.05, 0) is 43.5 Å². The van der Waals surface area contributed by atoms with Crippen LogP contribution in [0.3, 0.4) is 0 Å². The number of hydrogen-bond donors (Lipinski definition) is 4. The maximum Gasteiger partial charge on any atom is 0.345 e. The molecule has 2 heterocycles. The first-order valence-corrected chi connectivity index (χ1v) is 8.88. The third kappa shape index (κ3) is 3.39. The Morgan fingerprint density at radius 2 is 2.04 bits per heavy atom. The van der Waals surface area contributed by atoms with Gasteiger partial charge in [-0.25, -0.2) is 4.79 Å². The number of halogens is 1. The van der Waals surface area contributed by atoms with Gasteiger partial charge in [0.25, 0.3) is 5.56 Å². The summed E-state index contributed by atoms with van der Waals surface area (Å²) in [6.07, 6.45) is 2.47. The number of carboxylic acid groups (broad SMARTS) is 1. The van der Waals surface area contributed by atoms with Crippen LogP contribution >= 0.6 is 12.4 Å². The van der Waals surface area contributed by atoms with Crippen LogP contribution in [0.4, 0.5) is 0 Å². The van der Waals surface area contributed by atoms with Crippen molar-refractivity contribution in [3.8, 4) is 17.0 Å². The van der Waals surface area contributed by atoms with E-state index in [1.165, 1.54) is 18.5 Å². The molecule has 4 rings (SSSR count). The first-order chi connectivity index (χ1) is 12.9. The first kappa shape index (κ1) is 20.0. The summed E-state index contributed by atoms with van der Waals surface area (Å²) in [5.41, 5.74) is 2.26. The van der Waals surface area contributed by atoms with Gasteiger partial charge in [-0.15, -0.1) is 12.4 Å². The summed E-state index contributed by atoms with van der Waals surface area (Å²) in [7, 11) is 2.02. The lowest BCUT2D eigenvalue weighted by atomic mass is 10.0. The van der Waals surface area contributed by atoms with Crippen molar-refractivity contribution in [2.75, 3.05) is 0 Å². The molecule has 2 aromatic heterocycles. The molecule has 0 aliphatic heterocycles. The van der Waals surface area contributed by atoms with Crippen molar-refractivity contribution in [3.05, 3.63) is 51.4 Å². The van der Waals surface area contributed by atoms with Crippen LogP contribution in [0.15, 0.2) is 29.1 Å². The number of aromatic amines is 1. The van der Waals surface area contributed by atoms with Gasteiger partial charge in [0.15, 0.2) is 5.56 Å². The van der Waals surface area contributed by atoms with E-state index in [0.29, 0.717) is 17.3 Å². The lowest BCUT2D eigenvalue weighted by molar-refractivity contribution is 0.0691. The van der Waals surface area contributed by atoms with Crippen molar-refractivity contribution in [2.45, 2.75) is 32.4 Å². The van der Waals surface area contributed by atoms with Gasteiger partial charge in [0.05, 0.1) is 5.69 Å². The zero-order valence-electron chi connectivity index (χ0n) is 15.6. The molecule has 0 bridgehead atoms. The molecule has 0 radical (unpaired) electrons. The van der Waals surface area contributed by atoms with Crippen LogP contribution in [0.25, 0.3) is 22.2 Å². The van der Waals surface area contributed by atoms with Crippen molar-refractivity contribution >= 4 is 29.3 Å². The van der Waals surface area contributed by atoms with Crippen molar-refractivity contribution in [1.29, 1.82) is 0 Å². The summed E-state index contributed by atoms with van der Waals surface area (Å²) in [4.78, 5) is 25.9. The fourth-order valence-corrected chi connectivity index (χ4v) is 3.44. The minimum absolute atomic E-state index is 0. The molecule has 148 valence electrons. The minimum atomic E-state index is -1.45. The second-order valence-electron chi connectivity index (χ2n) is 7.11. The second-order valence-corrected chi connectivity index (χ2v) is 7.11. The molecule has 1 aliphatic carbocycles. The molecule has 1 fully saturated rings. The molecule has 3 aromatic rings. The monoisotopic (exact) mass is 403 g/mol. The van der Waals surface area contributed by atoms with Crippen LogP contribution in [0.2, 0.25) is 0 Å². The Kier molecular flexibility index (Phi) is 5.23. The fourth-order valence-electron chi connectivity index (χ4n) is 3.44. The van der Waals surface area contributed by atoms with E-state index in [4.69, 9.17) is 5.11 Å². The maximum absolute atomic E-state index is 12.1. The van der Waals surface area contributed by atoms with E-state index in [-0.39, 0.29) is 12.4 Å². The van der Waals surface area contributed by atoms with E-state index in [2.05, 4.69) is 20.9 Å². The predicted molar refractivity (Wildman–Crippen MR) is 109 cm³/mol. The number of carbonyl (C=O) groups is 1. The number of hydrogen-bond acceptors (Lipinski definition) is 4. The number of benzene rings is 1. The molecule has 7 nitrogen and oxygen atoms in total. The van der Waals surface area contributed by atoms with Crippen LogP contribution in [0, 0.1) is 6.92 Å². The number of H-pyrrole nitrogens is 1. The van der Waals surface area contributed by atoms with Gasteiger partial charge in [0, 0.05) is 41.8 Å². The number of nitrogens with one attached hydrogen (secondary N) is 2. The molecular weight excluding hydrogens is 382 g/mol. The molecule has 0 spiro atoms. The molecule has 0 unspecified atom stereocenters. The summed E-state index contributed by atoms with van der Waals surface area (Å²) in [5.74, 6) is -1.95. The molecule has 28 heavy (non-hydrogen) atoms. The van der Waals surface area contributed by atoms with Gasteiger partial charge in [-0.2, -0.15) is 0 Å². The fraction of sp³-hybridized carbons (Fsp3) is 0.300. The standard InChI is InChI=1S/C20H21N3O4.ClH/c1-10-17(22-19(25)16(18(10)24)20(26)27)11-3-6-15-12(7-11)8-14(23(15)2)9-21-13-4-5-13;/h3,6-8,13,21H,4-5,9H2,1-2H3,(H,26,27)(H2,22,24,25);1H. The van der Waals surface area contributed by atoms with Crippen LogP contribution < -0.4 is 10.9 Å². The highest BCUT2D eigenvalue weighted by Gasteiger charge is 2.22. The van der Waals surface area contributed by atoms with Gasteiger partial charge in [0.1, 0.15) is 5.75 Å². The van der Waals surface area contributed by atoms with E-state index in [1.54, 1.807) is 6.92 Å². The van der Waals surface area contributed by atoms with Crippen LogP contribution in [-0.4, -0.2) is 31.8 Å². The molecule has 0 amide bonds. The highest BCUT2D eigenvalue weighted by Crippen LogP contribution is 2.31. The smallest absolute Gasteiger partial charge is 0.345 e. The maximum atomic E-state index is 12.1. The summed E-state index contributed by atoms with van der Waals surface area (Å²) in [5, 5.41) is 23.8. The van der Waals surface area contributed by atoms with Crippen molar-refractivity contribution in [3.63, 3.8) is 0 Å². The number of fused-ring (bicyclic) bond motifs is 1. The van der Waals surface area contributed by atoms with Crippen LogP contribution in [-0.2, 0) is 13.6 Å². The molecule has 0 saturated heterocycles. The van der Waals surface area contributed by atoms with E-state index in [9.17, 15) is 14.7 Å². The molecule has 1 saturated carbocycles. The average molecular weight is 404 g/mol. The van der Waals surface area contributed by atoms with Gasteiger partial charge in [-0.1, -0.05) is 6.07 Å². The summed E-state index contributed by atoms with van der Waals surface area (Å²) >= 11 is 0. The number of aromatic hydroxyl groups is 1. The van der Waals surface area contributed by atoms with Crippen LogP contribution in [0.1, 0.15) is 34.5 Å². The number of rotatable bonds is 5. The van der Waals surface area contributed by atoms with E-state index < -0.39 is 22.8 Å². The minimum Gasteiger partial charge on any atom is -0.506 e. The summed E-state index contributed by atoms with van der Waals surface area (Å²) in [6.45, 7) is 2.39. The number of aromatic nitrogens is 2. The summed E-state index contributed by atoms with van der Waals surface area (Å²) < 4.78 is 2.13.